The highest BCUT2D eigenvalue weighted by Crippen LogP contribution is 2.37. The van der Waals surface area contributed by atoms with Crippen molar-refractivity contribution in [3.05, 3.63) is 126 Å². The lowest BCUT2D eigenvalue weighted by Gasteiger charge is -2.24. The van der Waals surface area contributed by atoms with Crippen LogP contribution in [-0.4, -0.2) is 24.3 Å². The van der Waals surface area contributed by atoms with Crippen LogP contribution in [0.4, 0.5) is 0 Å². The summed E-state index contributed by atoms with van der Waals surface area (Å²) in [5.41, 5.74) is 2.37. The summed E-state index contributed by atoms with van der Waals surface area (Å²) in [6.07, 6.45) is 1.90. The maximum absolute atomic E-state index is 14.0. The lowest BCUT2D eigenvalue weighted by atomic mass is 9.97. The lowest BCUT2D eigenvalue weighted by molar-refractivity contribution is -0.138. The van der Waals surface area contributed by atoms with Crippen LogP contribution in [0.3, 0.4) is 0 Å². The second-order valence-electron chi connectivity index (χ2n) is 8.85. The van der Waals surface area contributed by atoms with E-state index in [1.807, 2.05) is 90.3 Å². The molecule has 6 nitrogen and oxygen atoms in total. The fraction of sp³-hybridized carbons (Fsp3) is 0.129. The van der Waals surface area contributed by atoms with Gasteiger partial charge in [0.2, 0.25) is 0 Å². The van der Waals surface area contributed by atoms with Crippen molar-refractivity contribution in [2.24, 2.45) is 4.99 Å². The van der Waals surface area contributed by atoms with Crippen LogP contribution in [-0.2, 0) is 9.53 Å². The minimum Gasteiger partial charge on any atom is -0.496 e. The highest BCUT2D eigenvalue weighted by atomic mass is 32.1. The summed E-state index contributed by atoms with van der Waals surface area (Å²) in [6.45, 7) is 1.99. The first kappa shape index (κ1) is 25.0. The molecule has 2 aromatic heterocycles. The zero-order valence-corrected chi connectivity index (χ0v) is 22.9. The smallest absolute Gasteiger partial charge is 0.338 e. The van der Waals surface area contributed by atoms with E-state index in [1.54, 1.807) is 18.6 Å². The van der Waals surface area contributed by atoms with E-state index in [2.05, 4.69) is 0 Å². The molecule has 3 heterocycles. The molecule has 3 aromatic carbocycles. The van der Waals surface area contributed by atoms with Crippen molar-refractivity contribution >= 4 is 51.2 Å². The van der Waals surface area contributed by atoms with Gasteiger partial charge in [-0.15, -0.1) is 11.3 Å². The molecule has 0 saturated heterocycles. The van der Waals surface area contributed by atoms with Crippen LogP contribution in [0.25, 0.3) is 22.5 Å². The average molecular weight is 553 g/mol. The van der Waals surface area contributed by atoms with Gasteiger partial charge in [-0.1, -0.05) is 78.1 Å². The van der Waals surface area contributed by atoms with E-state index in [4.69, 9.17) is 14.5 Å². The largest absolute Gasteiger partial charge is 0.496 e. The molecule has 5 aromatic rings. The number of nitrogens with zero attached hydrogens (tertiary/aromatic N) is 2. The Morgan fingerprint density at radius 1 is 1.00 bits per heavy atom. The lowest BCUT2D eigenvalue weighted by Crippen LogP contribution is -2.39. The van der Waals surface area contributed by atoms with Crippen molar-refractivity contribution in [2.45, 2.75) is 13.0 Å². The van der Waals surface area contributed by atoms with E-state index in [1.165, 1.54) is 22.7 Å². The Bertz CT molecular complexity index is 1900. The Hall–Kier alpha value is -4.27. The van der Waals surface area contributed by atoms with Crippen LogP contribution in [0.15, 0.2) is 99.6 Å². The van der Waals surface area contributed by atoms with Crippen LogP contribution < -0.4 is 19.6 Å². The zero-order valence-electron chi connectivity index (χ0n) is 21.3. The number of thiazole rings is 1. The number of thiophene rings is 1. The Morgan fingerprint density at radius 3 is 2.49 bits per heavy atom. The Balaban J connectivity index is 1.64. The highest BCUT2D eigenvalue weighted by molar-refractivity contribution is 7.10. The number of aromatic nitrogens is 1. The Kier molecular flexibility index (Phi) is 6.72. The number of rotatable bonds is 6. The van der Waals surface area contributed by atoms with Crippen molar-refractivity contribution in [3.8, 4) is 5.75 Å². The predicted molar refractivity (Wildman–Crippen MR) is 156 cm³/mol. The number of carbonyl (C=O) groups is 1. The fourth-order valence-electron chi connectivity index (χ4n) is 4.90. The first-order valence-electron chi connectivity index (χ1n) is 12.5. The summed E-state index contributed by atoms with van der Waals surface area (Å²) in [7, 11) is 1.65. The SMILES string of the molecule is CCOC(=O)C1=C(c2ccccc2)N=c2sc(=Cc3ccc(OC)c4ccccc34)c(=O)n2[C@@H]1c1cccs1. The molecule has 0 N–H and O–H groups in total. The van der Waals surface area contributed by atoms with Gasteiger partial charge >= 0.3 is 5.97 Å². The standard InChI is InChI=1S/C31H24N2O4S2/c1-3-37-30(35)26-27(19-10-5-4-6-11-19)32-31-33(28(26)24-14-9-17-38-24)29(34)25(39-31)18-20-15-16-23(36-2)22-13-8-7-12-21(20)22/h4-18,28H,3H2,1-2H3/t28-/m1/s1. The summed E-state index contributed by atoms with van der Waals surface area (Å²) in [5.74, 6) is 0.294. The molecule has 0 saturated carbocycles. The predicted octanol–water partition coefficient (Wildman–Crippen LogP) is 5.16. The average Bonchev–Trinajstić information content (AvgIpc) is 3.61. The molecular weight excluding hydrogens is 528 g/mol. The van der Waals surface area contributed by atoms with E-state index >= 15 is 0 Å². The van der Waals surface area contributed by atoms with Gasteiger partial charge in [-0.3, -0.25) is 9.36 Å². The molecule has 0 amide bonds. The number of ether oxygens (including phenoxy) is 2. The van der Waals surface area contributed by atoms with Gasteiger partial charge in [-0.2, -0.15) is 0 Å². The number of methoxy groups -OCH3 is 1. The fourth-order valence-corrected chi connectivity index (χ4v) is 6.71. The second kappa shape index (κ2) is 10.5. The topological polar surface area (TPSA) is 69.9 Å². The monoisotopic (exact) mass is 552 g/mol. The first-order valence-corrected chi connectivity index (χ1v) is 14.2. The summed E-state index contributed by atoms with van der Waals surface area (Å²) >= 11 is 2.81. The molecule has 1 aliphatic rings. The maximum Gasteiger partial charge on any atom is 0.338 e. The van der Waals surface area contributed by atoms with Gasteiger partial charge in [0.05, 0.1) is 29.5 Å². The Labute approximate surface area is 232 Å². The summed E-state index contributed by atoms with van der Waals surface area (Å²) in [4.78, 5) is 33.8. The summed E-state index contributed by atoms with van der Waals surface area (Å²) < 4.78 is 13.2. The molecule has 0 unspecified atom stereocenters. The van der Waals surface area contributed by atoms with Crippen LogP contribution in [0, 0.1) is 0 Å². The van der Waals surface area contributed by atoms with Crippen molar-refractivity contribution < 1.29 is 14.3 Å². The molecule has 1 aliphatic heterocycles. The normalized spacial score (nSPS) is 15.2. The number of hydrogen-bond acceptors (Lipinski definition) is 7. The van der Waals surface area contributed by atoms with E-state index in [0.29, 0.717) is 20.6 Å². The third kappa shape index (κ3) is 4.41. The molecular formula is C31H24N2O4S2. The molecule has 0 radical (unpaired) electrons. The second-order valence-corrected chi connectivity index (χ2v) is 10.8. The molecule has 0 aliphatic carbocycles. The van der Waals surface area contributed by atoms with Gasteiger partial charge in [0.15, 0.2) is 4.80 Å². The highest BCUT2D eigenvalue weighted by Gasteiger charge is 2.35. The van der Waals surface area contributed by atoms with Gasteiger partial charge in [-0.05, 0) is 41.5 Å². The molecule has 194 valence electrons. The van der Waals surface area contributed by atoms with Crippen molar-refractivity contribution in [2.75, 3.05) is 13.7 Å². The maximum atomic E-state index is 14.0. The molecule has 0 spiro atoms. The Morgan fingerprint density at radius 2 is 1.77 bits per heavy atom. The minimum atomic E-state index is -0.648. The van der Waals surface area contributed by atoms with Crippen LogP contribution in [0.1, 0.15) is 29.0 Å². The molecule has 0 bridgehead atoms. The van der Waals surface area contributed by atoms with Crippen molar-refractivity contribution in [1.29, 1.82) is 0 Å². The van der Waals surface area contributed by atoms with E-state index in [0.717, 1.165) is 32.5 Å². The summed E-state index contributed by atoms with van der Waals surface area (Å²) in [6, 6.07) is 24.6. The third-order valence-electron chi connectivity index (χ3n) is 6.61. The molecule has 0 fully saturated rings. The van der Waals surface area contributed by atoms with E-state index in [-0.39, 0.29) is 12.2 Å². The molecule has 39 heavy (non-hydrogen) atoms. The van der Waals surface area contributed by atoms with E-state index < -0.39 is 12.0 Å². The molecule has 8 heteroatoms. The van der Waals surface area contributed by atoms with Crippen LogP contribution >= 0.6 is 22.7 Å². The number of carbonyl (C=O) groups excluding carboxylic acids is 1. The van der Waals surface area contributed by atoms with Crippen LogP contribution in [0.5, 0.6) is 5.75 Å². The van der Waals surface area contributed by atoms with Gasteiger partial charge in [0, 0.05) is 15.8 Å². The number of fused-ring (bicyclic) bond motifs is 2. The zero-order chi connectivity index (χ0) is 26.9. The van der Waals surface area contributed by atoms with Gasteiger partial charge < -0.3 is 9.47 Å². The van der Waals surface area contributed by atoms with Gasteiger partial charge in [-0.25, -0.2) is 9.79 Å². The van der Waals surface area contributed by atoms with Crippen LogP contribution in [0.2, 0.25) is 0 Å². The first-order chi connectivity index (χ1) is 19.1. The van der Waals surface area contributed by atoms with Gasteiger partial charge in [0.1, 0.15) is 11.8 Å². The van der Waals surface area contributed by atoms with Crippen molar-refractivity contribution in [1.82, 2.24) is 4.57 Å². The van der Waals surface area contributed by atoms with Crippen molar-refractivity contribution in [3.63, 3.8) is 0 Å². The molecule has 1 atom stereocenters. The minimum absolute atomic E-state index is 0.203. The molecule has 6 rings (SSSR count). The summed E-state index contributed by atoms with van der Waals surface area (Å²) in [5, 5.41) is 3.89. The quantitative estimate of drug-likeness (QED) is 0.273. The number of hydrogen-bond donors (Lipinski definition) is 0. The number of esters is 1. The van der Waals surface area contributed by atoms with Gasteiger partial charge in [0.25, 0.3) is 5.56 Å². The number of benzene rings is 3. The van der Waals surface area contributed by atoms with E-state index in [9.17, 15) is 9.59 Å². The third-order valence-corrected chi connectivity index (χ3v) is 8.52.